The molecular formula is C15H12N2O2. The van der Waals surface area contributed by atoms with Gasteiger partial charge in [0.25, 0.3) is 5.56 Å². The van der Waals surface area contributed by atoms with E-state index < -0.39 is 0 Å². The van der Waals surface area contributed by atoms with Crippen LogP contribution in [0, 0.1) is 0 Å². The maximum absolute atomic E-state index is 12.1. The summed E-state index contributed by atoms with van der Waals surface area (Å²) in [5.74, 6) is 0.673. The standard InChI is InChI=1S/C15H12N2O2/c1-19-12-5-4-10-7-14(11-3-2-6-16-9-11)17-15(18)13(10)8-12/h2-9H,1H3,(H,17,18). The summed E-state index contributed by atoms with van der Waals surface area (Å²) in [5.41, 5.74) is 1.52. The lowest BCUT2D eigenvalue weighted by Gasteiger charge is -2.05. The molecule has 0 aliphatic heterocycles. The van der Waals surface area contributed by atoms with Crippen LogP contribution in [-0.2, 0) is 0 Å². The molecule has 0 unspecified atom stereocenters. The molecule has 3 rings (SSSR count). The highest BCUT2D eigenvalue weighted by atomic mass is 16.5. The summed E-state index contributed by atoms with van der Waals surface area (Å²) in [6, 6.07) is 11.1. The molecule has 4 nitrogen and oxygen atoms in total. The highest BCUT2D eigenvalue weighted by Crippen LogP contribution is 2.22. The Bertz CT molecular complexity index is 779. The Balaban J connectivity index is 2.23. The summed E-state index contributed by atoms with van der Waals surface area (Å²) in [6.45, 7) is 0. The fourth-order valence-electron chi connectivity index (χ4n) is 2.04. The molecule has 94 valence electrons. The van der Waals surface area contributed by atoms with Crippen LogP contribution in [0.4, 0.5) is 0 Å². The third-order valence-electron chi connectivity index (χ3n) is 3.03. The van der Waals surface area contributed by atoms with Crippen LogP contribution in [0.2, 0.25) is 0 Å². The van der Waals surface area contributed by atoms with Crippen LogP contribution >= 0.6 is 0 Å². The van der Waals surface area contributed by atoms with Gasteiger partial charge in [-0.25, -0.2) is 0 Å². The van der Waals surface area contributed by atoms with Crippen molar-refractivity contribution in [3.05, 3.63) is 59.1 Å². The molecule has 19 heavy (non-hydrogen) atoms. The van der Waals surface area contributed by atoms with E-state index in [2.05, 4.69) is 9.97 Å². The molecule has 0 amide bonds. The van der Waals surface area contributed by atoms with Gasteiger partial charge < -0.3 is 9.72 Å². The summed E-state index contributed by atoms with van der Waals surface area (Å²) >= 11 is 0. The minimum absolute atomic E-state index is 0.129. The van der Waals surface area contributed by atoms with Gasteiger partial charge in [0.15, 0.2) is 0 Å². The fraction of sp³-hybridized carbons (Fsp3) is 0.0667. The lowest BCUT2D eigenvalue weighted by Crippen LogP contribution is -2.07. The Morgan fingerprint density at radius 3 is 2.84 bits per heavy atom. The van der Waals surface area contributed by atoms with Crippen molar-refractivity contribution in [3.63, 3.8) is 0 Å². The van der Waals surface area contributed by atoms with E-state index in [1.165, 1.54) is 0 Å². The summed E-state index contributed by atoms with van der Waals surface area (Å²) in [4.78, 5) is 19.0. The van der Waals surface area contributed by atoms with Crippen LogP contribution in [-0.4, -0.2) is 17.1 Å². The molecule has 2 aromatic heterocycles. The molecule has 0 spiro atoms. The van der Waals surface area contributed by atoms with Gasteiger partial charge in [0.1, 0.15) is 5.75 Å². The Kier molecular flexibility index (Phi) is 2.76. The molecule has 3 aromatic rings. The first-order chi connectivity index (χ1) is 9.28. The van der Waals surface area contributed by atoms with Crippen molar-refractivity contribution in [2.75, 3.05) is 7.11 Å². The number of pyridine rings is 2. The number of rotatable bonds is 2. The van der Waals surface area contributed by atoms with Crippen molar-refractivity contribution in [1.29, 1.82) is 0 Å². The van der Waals surface area contributed by atoms with Gasteiger partial charge in [-0.2, -0.15) is 0 Å². The molecule has 0 atom stereocenters. The number of ether oxygens (including phenoxy) is 1. The lowest BCUT2D eigenvalue weighted by molar-refractivity contribution is 0.415. The second-order valence-electron chi connectivity index (χ2n) is 4.21. The van der Waals surface area contributed by atoms with Gasteiger partial charge >= 0.3 is 0 Å². The van der Waals surface area contributed by atoms with Gasteiger partial charge in [-0.05, 0) is 35.7 Å². The molecule has 0 radical (unpaired) electrons. The lowest BCUT2D eigenvalue weighted by atomic mass is 10.1. The van der Waals surface area contributed by atoms with E-state index in [-0.39, 0.29) is 5.56 Å². The highest BCUT2D eigenvalue weighted by Gasteiger charge is 2.05. The predicted molar refractivity (Wildman–Crippen MR) is 74.4 cm³/mol. The number of aromatic amines is 1. The van der Waals surface area contributed by atoms with E-state index in [9.17, 15) is 4.79 Å². The number of hydrogen-bond acceptors (Lipinski definition) is 3. The highest BCUT2D eigenvalue weighted by molar-refractivity contribution is 5.86. The van der Waals surface area contributed by atoms with Gasteiger partial charge in [-0.15, -0.1) is 0 Å². The zero-order valence-electron chi connectivity index (χ0n) is 10.4. The van der Waals surface area contributed by atoms with Gasteiger partial charge in [0.2, 0.25) is 0 Å². The van der Waals surface area contributed by atoms with E-state index in [4.69, 9.17) is 4.74 Å². The summed E-state index contributed by atoms with van der Waals surface area (Å²) < 4.78 is 5.13. The van der Waals surface area contributed by atoms with Gasteiger partial charge in [0, 0.05) is 18.0 Å². The monoisotopic (exact) mass is 252 g/mol. The average molecular weight is 252 g/mol. The molecule has 1 aromatic carbocycles. The number of nitrogens with zero attached hydrogens (tertiary/aromatic N) is 1. The zero-order chi connectivity index (χ0) is 13.2. The minimum atomic E-state index is -0.129. The topological polar surface area (TPSA) is 55.0 Å². The molecule has 0 aliphatic rings. The predicted octanol–water partition coefficient (Wildman–Crippen LogP) is 2.60. The second kappa shape index (κ2) is 4.57. The van der Waals surface area contributed by atoms with E-state index in [0.29, 0.717) is 11.1 Å². The number of fused-ring (bicyclic) bond motifs is 1. The maximum Gasteiger partial charge on any atom is 0.256 e. The van der Waals surface area contributed by atoms with Gasteiger partial charge in [-0.3, -0.25) is 9.78 Å². The van der Waals surface area contributed by atoms with E-state index in [1.807, 2.05) is 30.3 Å². The van der Waals surface area contributed by atoms with Crippen LogP contribution in [0.15, 0.2) is 53.6 Å². The Hall–Kier alpha value is -2.62. The first kappa shape index (κ1) is 11.5. The largest absolute Gasteiger partial charge is 0.497 e. The number of aromatic nitrogens is 2. The van der Waals surface area contributed by atoms with Crippen LogP contribution in [0.25, 0.3) is 22.0 Å². The van der Waals surface area contributed by atoms with Crippen molar-refractivity contribution >= 4 is 10.8 Å². The summed E-state index contributed by atoms with van der Waals surface area (Å²) in [6.07, 6.45) is 3.42. The van der Waals surface area contributed by atoms with Crippen LogP contribution in [0.1, 0.15) is 0 Å². The minimum Gasteiger partial charge on any atom is -0.497 e. The first-order valence-electron chi connectivity index (χ1n) is 5.89. The Labute approximate surface area is 109 Å². The zero-order valence-corrected chi connectivity index (χ0v) is 10.4. The molecule has 0 saturated carbocycles. The molecule has 0 fully saturated rings. The third-order valence-corrected chi connectivity index (χ3v) is 3.03. The molecular weight excluding hydrogens is 240 g/mol. The van der Waals surface area contributed by atoms with Crippen LogP contribution in [0.5, 0.6) is 5.75 Å². The van der Waals surface area contributed by atoms with E-state index in [1.54, 1.807) is 25.6 Å². The summed E-state index contributed by atoms with van der Waals surface area (Å²) in [7, 11) is 1.58. The van der Waals surface area contributed by atoms with Crippen molar-refractivity contribution in [2.24, 2.45) is 0 Å². The first-order valence-corrected chi connectivity index (χ1v) is 5.89. The van der Waals surface area contributed by atoms with Crippen LogP contribution in [0.3, 0.4) is 0 Å². The van der Waals surface area contributed by atoms with Crippen molar-refractivity contribution in [3.8, 4) is 17.0 Å². The molecule has 1 N–H and O–H groups in total. The SMILES string of the molecule is COc1ccc2cc(-c3cccnc3)[nH]c(=O)c2c1. The number of H-pyrrole nitrogens is 1. The quantitative estimate of drug-likeness (QED) is 0.762. The number of methoxy groups -OCH3 is 1. The van der Waals surface area contributed by atoms with Crippen molar-refractivity contribution < 1.29 is 4.74 Å². The number of hydrogen-bond donors (Lipinski definition) is 1. The molecule has 2 heterocycles. The van der Waals surface area contributed by atoms with Crippen molar-refractivity contribution in [1.82, 2.24) is 9.97 Å². The third kappa shape index (κ3) is 2.08. The Morgan fingerprint density at radius 1 is 1.21 bits per heavy atom. The van der Waals surface area contributed by atoms with Gasteiger partial charge in [0.05, 0.1) is 18.2 Å². The second-order valence-corrected chi connectivity index (χ2v) is 4.21. The molecule has 4 heteroatoms. The number of benzene rings is 1. The van der Waals surface area contributed by atoms with E-state index >= 15 is 0 Å². The Morgan fingerprint density at radius 2 is 2.11 bits per heavy atom. The average Bonchev–Trinajstić information content (AvgIpc) is 2.48. The molecule has 0 aliphatic carbocycles. The molecule has 0 saturated heterocycles. The maximum atomic E-state index is 12.1. The van der Waals surface area contributed by atoms with Gasteiger partial charge in [-0.1, -0.05) is 6.07 Å². The summed E-state index contributed by atoms with van der Waals surface area (Å²) in [5, 5.41) is 1.50. The van der Waals surface area contributed by atoms with Crippen LogP contribution < -0.4 is 10.3 Å². The normalized spacial score (nSPS) is 10.6. The smallest absolute Gasteiger partial charge is 0.256 e. The van der Waals surface area contributed by atoms with E-state index in [0.717, 1.165) is 16.6 Å². The molecule has 0 bridgehead atoms. The number of nitrogens with one attached hydrogen (secondary N) is 1. The fourth-order valence-corrected chi connectivity index (χ4v) is 2.04. The van der Waals surface area contributed by atoms with Crippen molar-refractivity contribution in [2.45, 2.75) is 0 Å².